The number of nitrogens with zero attached hydrogens (tertiary/aromatic N) is 1. The average Bonchev–Trinajstić information content (AvgIpc) is 2.60. The maximum absolute atomic E-state index is 6.75. The van der Waals surface area contributed by atoms with Gasteiger partial charge in [-0.2, -0.15) is 0 Å². The van der Waals surface area contributed by atoms with E-state index < -0.39 is 30.9 Å². The van der Waals surface area contributed by atoms with Gasteiger partial charge in [-0.05, 0) is 20.8 Å². The molecule has 10 heteroatoms. The lowest BCUT2D eigenvalue weighted by Crippen LogP contribution is -2.71. The van der Waals surface area contributed by atoms with Crippen molar-refractivity contribution in [2.24, 2.45) is 5.41 Å². The van der Waals surface area contributed by atoms with E-state index in [0.29, 0.717) is 13.2 Å². The molecule has 3 heterocycles. The first-order valence-electron chi connectivity index (χ1n) is 10.0. The zero-order chi connectivity index (χ0) is 20.7. The normalized spacial score (nSPS) is 43.8. The van der Waals surface area contributed by atoms with Crippen LogP contribution in [0, 0.1) is 5.41 Å². The van der Waals surface area contributed by atoms with Gasteiger partial charge in [0.15, 0.2) is 25.1 Å². The quantitative estimate of drug-likeness (QED) is 0.512. The monoisotopic (exact) mass is 455 g/mol. The van der Waals surface area contributed by atoms with Gasteiger partial charge in [0.2, 0.25) is 0 Å². The van der Waals surface area contributed by atoms with E-state index in [0.717, 1.165) is 19.0 Å². The molecule has 0 amide bonds. The lowest BCUT2D eigenvalue weighted by Gasteiger charge is -2.63. The molecular weight excluding hydrogens is 419 g/mol. The smallest absolute Gasteiger partial charge is 0.172 e. The molecule has 0 bridgehead atoms. The van der Waals surface area contributed by atoms with Crippen molar-refractivity contribution in [1.29, 1.82) is 0 Å². The summed E-state index contributed by atoms with van der Waals surface area (Å²) in [7, 11) is -2.83. The van der Waals surface area contributed by atoms with E-state index in [1.165, 1.54) is 0 Å². The SMILES string of the molecule is CCP1OC(C)(C)C(C)(C)C(C)(N(C2CCOP(C)O2)C2CCOP(C)O2)O1. The van der Waals surface area contributed by atoms with Gasteiger partial charge in [0, 0.05) is 37.7 Å². The first kappa shape index (κ1) is 23.7. The van der Waals surface area contributed by atoms with E-state index in [1.807, 2.05) is 13.3 Å². The fourth-order valence-electron chi connectivity index (χ4n) is 3.95. The van der Waals surface area contributed by atoms with Crippen molar-refractivity contribution in [3.63, 3.8) is 0 Å². The molecule has 0 spiro atoms. The third-order valence-corrected chi connectivity index (χ3v) is 10.4. The minimum absolute atomic E-state index is 0.122. The predicted octanol–water partition coefficient (Wildman–Crippen LogP) is 5.60. The highest BCUT2D eigenvalue weighted by Gasteiger charge is 2.63. The Morgan fingerprint density at radius 2 is 1.36 bits per heavy atom. The van der Waals surface area contributed by atoms with Crippen molar-refractivity contribution in [1.82, 2.24) is 4.90 Å². The minimum Gasteiger partial charge on any atom is -0.334 e. The van der Waals surface area contributed by atoms with Gasteiger partial charge in [0.1, 0.15) is 18.2 Å². The third-order valence-electron chi connectivity index (χ3n) is 6.46. The number of hydrogen-bond donors (Lipinski definition) is 0. The standard InChI is InChI=1S/C18H36NO6P3/c1-9-28-24-17(4,5)16(2,3)18(6,25-28)19(14-10-12-20-26(7)22-14)15-11-13-21-27(8)23-15/h14-15H,9-13H2,1-8H3. The maximum Gasteiger partial charge on any atom is 0.172 e. The fourth-order valence-corrected chi connectivity index (χ4v) is 7.64. The summed E-state index contributed by atoms with van der Waals surface area (Å²) in [5, 5.41) is 0. The molecule has 3 aliphatic heterocycles. The largest absolute Gasteiger partial charge is 0.334 e. The summed E-state index contributed by atoms with van der Waals surface area (Å²) in [6.07, 6.45) is 2.18. The van der Waals surface area contributed by atoms with Crippen LogP contribution < -0.4 is 0 Å². The van der Waals surface area contributed by atoms with Crippen molar-refractivity contribution in [2.45, 2.75) is 78.2 Å². The molecule has 0 radical (unpaired) electrons. The van der Waals surface area contributed by atoms with Gasteiger partial charge in [-0.3, -0.25) is 0 Å². The molecule has 6 atom stereocenters. The Balaban J connectivity index is 2.03. The molecule has 6 unspecified atom stereocenters. The topological polar surface area (TPSA) is 58.6 Å². The molecular formula is C18H36NO6P3. The lowest BCUT2D eigenvalue weighted by molar-refractivity contribution is -0.297. The highest BCUT2D eigenvalue weighted by Crippen LogP contribution is 2.64. The Bertz CT molecular complexity index is 531. The van der Waals surface area contributed by atoms with Gasteiger partial charge >= 0.3 is 0 Å². The van der Waals surface area contributed by atoms with E-state index in [2.05, 4.69) is 46.4 Å². The second-order valence-electron chi connectivity index (χ2n) is 8.60. The molecule has 3 aliphatic rings. The Kier molecular flexibility index (Phi) is 7.49. The second-order valence-corrected chi connectivity index (χ2v) is 13.0. The van der Waals surface area contributed by atoms with Gasteiger partial charge in [0.25, 0.3) is 0 Å². The van der Waals surface area contributed by atoms with Crippen LogP contribution >= 0.6 is 25.1 Å². The Morgan fingerprint density at radius 1 is 0.857 bits per heavy atom. The molecule has 0 aliphatic carbocycles. The van der Waals surface area contributed by atoms with Crippen LogP contribution in [0.1, 0.15) is 54.4 Å². The maximum atomic E-state index is 6.75. The van der Waals surface area contributed by atoms with Crippen LogP contribution in [0.2, 0.25) is 0 Å². The van der Waals surface area contributed by atoms with Crippen LogP contribution in [-0.4, -0.2) is 61.4 Å². The molecule has 28 heavy (non-hydrogen) atoms. The van der Waals surface area contributed by atoms with Crippen LogP contribution in [0.3, 0.4) is 0 Å². The summed E-state index contributed by atoms with van der Waals surface area (Å²) >= 11 is 0. The predicted molar refractivity (Wildman–Crippen MR) is 114 cm³/mol. The van der Waals surface area contributed by atoms with E-state index in [9.17, 15) is 0 Å². The molecule has 0 aromatic rings. The zero-order valence-corrected chi connectivity index (χ0v) is 21.1. The Hall–Kier alpha value is 1.01. The van der Waals surface area contributed by atoms with Crippen molar-refractivity contribution < 1.29 is 27.1 Å². The zero-order valence-electron chi connectivity index (χ0n) is 18.4. The molecule has 7 nitrogen and oxygen atoms in total. The highest BCUT2D eigenvalue weighted by molar-refractivity contribution is 7.47. The van der Waals surface area contributed by atoms with Crippen LogP contribution in [0.15, 0.2) is 0 Å². The van der Waals surface area contributed by atoms with E-state index in [4.69, 9.17) is 27.1 Å². The summed E-state index contributed by atoms with van der Waals surface area (Å²) in [6, 6.07) is 0. The molecule has 3 rings (SSSR count). The molecule has 3 fully saturated rings. The minimum atomic E-state index is -1.01. The highest BCUT2D eigenvalue weighted by atomic mass is 31.2. The van der Waals surface area contributed by atoms with Crippen molar-refractivity contribution >= 4 is 25.1 Å². The molecule has 164 valence electrons. The van der Waals surface area contributed by atoms with E-state index >= 15 is 0 Å². The van der Waals surface area contributed by atoms with Crippen LogP contribution in [0.5, 0.6) is 0 Å². The summed E-state index contributed by atoms with van der Waals surface area (Å²) in [5.41, 5.74) is -1.29. The second kappa shape index (κ2) is 8.87. The van der Waals surface area contributed by atoms with Gasteiger partial charge in [-0.15, -0.1) is 0 Å². The molecule has 3 saturated heterocycles. The van der Waals surface area contributed by atoms with Crippen molar-refractivity contribution in [2.75, 3.05) is 32.7 Å². The Labute approximate surface area is 173 Å². The Morgan fingerprint density at radius 3 is 1.79 bits per heavy atom. The molecule has 0 N–H and O–H groups in total. The number of rotatable bonds is 4. The summed E-state index contributed by atoms with van der Waals surface area (Å²) < 4.78 is 37.2. The van der Waals surface area contributed by atoms with Crippen LogP contribution in [0.4, 0.5) is 0 Å². The first-order valence-corrected chi connectivity index (χ1v) is 14.6. The molecule has 0 saturated carbocycles. The summed E-state index contributed by atoms with van der Waals surface area (Å²) in [4.78, 5) is 2.34. The number of hydrogen-bond acceptors (Lipinski definition) is 7. The van der Waals surface area contributed by atoms with Crippen LogP contribution in [0.25, 0.3) is 0 Å². The van der Waals surface area contributed by atoms with Gasteiger partial charge < -0.3 is 27.1 Å². The lowest BCUT2D eigenvalue weighted by atomic mass is 9.68. The van der Waals surface area contributed by atoms with Gasteiger partial charge in [0.05, 0.1) is 18.8 Å². The third kappa shape index (κ3) is 4.32. The molecule has 0 aromatic heterocycles. The van der Waals surface area contributed by atoms with Gasteiger partial charge in [-0.25, -0.2) is 4.90 Å². The van der Waals surface area contributed by atoms with Crippen molar-refractivity contribution in [3.8, 4) is 0 Å². The van der Waals surface area contributed by atoms with Crippen LogP contribution in [-0.2, 0) is 27.1 Å². The van der Waals surface area contributed by atoms with E-state index in [1.54, 1.807) is 0 Å². The van der Waals surface area contributed by atoms with E-state index in [-0.39, 0.29) is 23.5 Å². The van der Waals surface area contributed by atoms with Gasteiger partial charge in [-0.1, -0.05) is 20.8 Å². The molecule has 0 aromatic carbocycles. The average molecular weight is 455 g/mol. The van der Waals surface area contributed by atoms with Crippen molar-refractivity contribution in [3.05, 3.63) is 0 Å². The summed E-state index contributed by atoms with van der Waals surface area (Å²) in [5.74, 6) is 0. The summed E-state index contributed by atoms with van der Waals surface area (Å²) in [6.45, 7) is 18.5. The first-order chi connectivity index (χ1) is 13.0. The fraction of sp³-hybridized carbons (Fsp3) is 1.00.